The molecule has 0 fully saturated rings. The lowest BCUT2D eigenvalue weighted by molar-refractivity contribution is -0.324. The molecule has 1 unspecified atom stereocenters. The summed E-state index contributed by atoms with van der Waals surface area (Å²) in [6.07, 6.45) is -0.187. The lowest BCUT2D eigenvalue weighted by Gasteiger charge is -2.15. The first kappa shape index (κ1) is 10.2. The zero-order valence-electron chi connectivity index (χ0n) is 6.65. The Bertz CT molecular complexity index is 128. The van der Waals surface area contributed by atoms with Gasteiger partial charge in [-0.3, -0.25) is 5.21 Å². The van der Waals surface area contributed by atoms with Gasteiger partial charge in [0.05, 0.1) is 6.10 Å². The Morgan fingerprint density at radius 1 is 1.73 bits per heavy atom. The van der Waals surface area contributed by atoms with Gasteiger partial charge >= 0.3 is 6.09 Å². The molecular weight excluding hydrogens is 150 g/mol. The van der Waals surface area contributed by atoms with Gasteiger partial charge in [-0.1, -0.05) is 18.6 Å². The maximum atomic E-state index is 9.99. The Hall–Kier alpha value is -0.810. The topological polar surface area (TPSA) is 70.0 Å². The molecule has 0 rings (SSSR count). The molecule has 0 aromatic heterocycles. The second kappa shape index (κ2) is 4.92. The molecule has 1 atom stereocenters. The fourth-order valence-corrected chi connectivity index (χ4v) is 0.675. The van der Waals surface area contributed by atoms with Crippen LogP contribution in [0.1, 0.15) is 26.7 Å². The molecule has 0 bridgehead atoms. The van der Waals surface area contributed by atoms with Crippen LogP contribution in [0, 0.1) is 0 Å². The molecule has 0 aliphatic rings. The molecule has 0 radical (unpaired) electrons. The van der Waals surface area contributed by atoms with Gasteiger partial charge in [0.25, 0.3) is 0 Å². The van der Waals surface area contributed by atoms with Crippen molar-refractivity contribution in [2.24, 2.45) is 0 Å². The van der Waals surface area contributed by atoms with Crippen LogP contribution in [-0.4, -0.2) is 27.7 Å². The van der Waals surface area contributed by atoms with Gasteiger partial charge in [-0.05, 0) is 13.3 Å². The summed E-state index contributed by atoms with van der Waals surface area (Å²) in [4.78, 5) is 14.5. The Balaban J connectivity index is 3.56. The minimum Gasteiger partial charge on any atom is -0.462 e. The Kier molecular flexibility index (Phi) is 4.56. The van der Waals surface area contributed by atoms with Crippen molar-refractivity contribution in [1.29, 1.82) is 0 Å². The van der Waals surface area contributed by atoms with Gasteiger partial charge in [-0.2, -0.15) is 0 Å². The van der Waals surface area contributed by atoms with Crippen LogP contribution in [0.3, 0.4) is 0 Å². The monoisotopic (exact) mass is 163 g/mol. The molecular formula is C6H13NO4. The highest BCUT2D eigenvalue weighted by Gasteiger charge is 2.12. The summed E-state index contributed by atoms with van der Waals surface area (Å²) in [6, 6.07) is 0. The van der Waals surface area contributed by atoms with Gasteiger partial charge in [-0.15, -0.1) is 0 Å². The maximum Gasteiger partial charge on any atom is 0.457 e. The van der Waals surface area contributed by atoms with Crippen LogP contribution in [0.5, 0.6) is 0 Å². The zero-order valence-corrected chi connectivity index (χ0v) is 6.65. The van der Waals surface area contributed by atoms with Gasteiger partial charge in [0.2, 0.25) is 0 Å². The van der Waals surface area contributed by atoms with Crippen molar-refractivity contribution in [3.8, 4) is 0 Å². The molecule has 0 saturated heterocycles. The van der Waals surface area contributed by atoms with E-state index in [0.717, 1.165) is 6.42 Å². The summed E-state index contributed by atoms with van der Waals surface area (Å²) < 4.78 is 0. The second-order valence-electron chi connectivity index (χ2n) is 2.26. The van der Waals surface area contributed by atoms with Gasteiger partial charge in [0, 0.05) is 0 Å². The third-order valence-electron chi connectivity index (χ3n) is 1.14. The fraction of sp³-hybridized carbons (Fsp3) is 0.833. The summed E-state index contributed by atoms with van der Waals surface area (Å²) in [6.45, 7) is 3.64. The Morgan fingerprint density at radius 2 is 2.27 bits per heavy atom. The molecule has 1 amide bonds. The molecule has 0 aromatic carbocycles. The minimum atomic E-state index is -1.51. The SMILES string of the molecule is CCCC(C)ON(O)C(=O)O. The molecule has 0 aromatic rings. The lowest BCUT2D eigenvalue weighted by Crippen LogP contribution is -2.29. The van der Waals surface area contributed by atoms with E-state index in [1.807, 2.05) is 6.92 Å². The number of amides is 1. The van der Waals surface area contributed by atoms with E-state index in [0.29, 0.717) is 6.42 Å². The van der Waals surface area contributed by atoms with Crippen molar-refractivity contribution < 1.29 is 19.9 Å². The zero-order chi connectivity index (χ0) is 8.85. The lowest BCUT2D eigenvalue weighted by atomic mass is 10.2. The largest absolute Gasteiger partial charge is 0.462 e. The summed E-state index contributed by atoms with van der Waals surface area (Å²) in [5.41, 5.74) is 0. The van der Waals surface area contributed by atoms with Crippen molar-refractivity contribution in [3.63, 3.8) is 0 Å². The second-order valence-corrected chi connectivity index (χ2v) is 2.26. The predicted octanol–water partition coefficient (Wildman–Crippen LogP) is 1.48. The third kappa shape index (κ3) is 4.58. The highest BCUT2D eigenvalue weighted by molar-refractivity contribution is 5.61. The Labute approximate surface area is 65.1 Å². The number of carbonyl (C=O) groups is 1. The van der Waals surface area contributed by atoms with Crippen LogP contribution >= 0.6 is 0 Å². The molecule has 5 nitrogen and oxygen atoms in total. The van der Waals surface area contributed by atoms with Crippen molar-refractivity contribution in [2.75, 3.05) is 0 Å². The molecule has 0 heterocycles. The van der Waals surface area contributed by atoms with E-state index in [2.05, 4.69) is 4.84 Å². The summed E-state index contributed by atoms with van der Waals surface area (Å²) in [5.74, 6) is 0. The minimum absolute atomic E-state index is 0.166. The predicted molar refractivity (Wildman–Crippen MR) is 37.1 cm³/mol. The van der Waals surface area contributed by atoms with Crippen molar-refractivity contribution in [1.82, 2.24) is 5.23 Å². The number of hydrogen-bond acceptors (Lipinski definition) is 3. The van der Waals surface area contributed by atoms with Crippen LogP contribution < -0.4 is 0 Å². The highest BCUT2D eigenvalue weighted by Crippen LogP contribution is 2.02. The highest BCUT2D eigenvalue weighted by atomic mass is 16.9. The first-order valence-electron chi connectivity index (χ1n) is 3.46. The summed E-state index contributed by atoms with van der Waals surface area (Å²) in [7, 11) is 0. The molecule has 2 N–H and O–H groups in total. The molecule has 0 spiro atoms. The summed E-state index contributed by atoms with van der Waals surface area (Å²) >= 11 is 0. The standard InChI is InChI=1S/C6H13NO4/c1-3-4-5(2)11-7(10)6(8)9/h5,10H,3-4H2,1-2H3,(H,8,9). The average molecular weight is 163 g/mol. The van der Waals surface area contributed by atoms with Crippen LogP contribution in [0.15, 0.2) is 0 Å². The van der Waals surface area contributed by atoms with E-state index < -0.39 is 6.09 Å². The fourth-order valence-electron chi connectivity index (χ4n) is 0.675. The van der Waals surface area contributed by atoms with Crippen LogP contribution in [0.2, 0.25) is 0 Å². The first-order valence-corrected chi connectivity index (χ1v) is 3.46. The van der Waals surface area contributed by atoms with Crippen molar-refractivity contribution >= 4 is 6.09 Å². The number of nitrogens with zero attached hydrogens (tertiary/aromatic N) is 1. The number of hydroxylamine groups is 2. The number of carboxylic acid groups (broad SMARTS) is 1. The average Bonchev–Trinajstić information content (AvgIpc) is 1.87. The molecule has 66 valence electrons. The Morgan fingerprint density at radius 3 is 2.64 bits per heavy atom. The van der Waals surface area contributed by atoms with Gasteiger partial charge < -0.3 is 5.11 Å². The van der Waals surface area contributed by atoms with Crippen LogP contribution in [0.4, 0.5) is 4.79 Å². The number of rotatable bonds is 4. The molecule has 5 heteroatoms. The molecule has 0 aliphatic heterocycles. The van der Waals surface area contributed by atoms with Crippen molar-refractivity contribution in [3.05, 3.63) is 0 Å². The van der Waals surface area contributed by atoms with Gasteiger partial charge in [0.1, 0.15) is 0 Å². The van der Waals surface area contributed by atoms with Crippen molar-refractivity contribution in [2.45, 2.75) is 32.8 Å². The van der Waals surface area contributed by atoms with Crippen LogP contribution in [0.25, 0.3) is 0 Å². The maximum absolute atomic E-state index is 9.99. The third-order valence-corrected chi connectivity index (χ3v) is 1.14. The van der Waals surface area contributed by atoms with E-state index >= 15 is 0 Å². The molecule has 0 aliphatic carbocycles. The van der Waals surface area contributed by atoms with E-state index in [1.54, 1.807) is 6.92 Å². The smallest absolute Gasteiger partial charge is 0.457 e. The number of hydrogen-bond donors (Lipinski definition) is 2. The van der Waals surface area contributed by atoms with Crippen LogP contribution in [-0.2, 0) is 4.84 Å². The summed E-state index contributed by atoms with van der Waals surface area (Å²) in [5, 5.41) is 16.5. The quantitative estimate of drug-likeness (QED) is 0.486. The normalized spacial score (nSPS) is 12.6. The first-order chi connectivity index (χ1) is 5.07. The van der Waals surface area contributed by atoms with E-state index in [1.165, 1.54) is 0 Å². The molecule has 11 heavy (non-hydrogen) atoms. The van der Waals surface area contributed by atoms with E-state index in [9.17, 15) is 4.79 Å². The molecule has 0 saturated carbocycles. The van der Waals surface area contributed by atoms with E-state index in [-0.39, 0.29) is 11.3 Å². The van der Waals surface area contributed by atoms with Gasteiger partial charge in [0.15, 0.2) is 0 Å². The van der Waals surface area contributed by atoms with Gasteiger partial charge in [-0.25, -0.2) is 9.63 Å². The van der Waals surface area contributed by atoms with E-state index in [4.69, 9.17) is 10.3 Å².